The van der Waals surface area contributed by atoms with E-state index < -0.39 is 5.97 Å². The summed E-state index contributed by atoms with van der Waals surface area (Å²) in [6, 6.07) is 0. The summed E-state index contributed by atoms with van der Waals surface area (Å²) in [6.45, 7) is 4.98. The van der Waals surface area contributed by atoms with Crippen LogP contribution >= 0.6 is 0 Å². The van der Waals surface area contributed by atoms with Gasteiger partial charge in [0.1, 0.15) is 0 Å². The lowest BCUT2D eigenvalue weighted by Crippen LogP contribution is -2.28. The molecule has 1 saturated carbocycles. The van der Waals surface area contributed by atoms with Gasteiger partial charge in [-0.05, 0) is 31.6 Å². The van der Waals surface area contributed by atoms with Crippen LogP contribution in [0.5, 0.6) is 0 Å². The molecule has 1 rings (SSSR count). The predicted molar refractivity (Wildman–Crippen MR) is 86.6 cm³/mol. The van der Waals surface area contributed by atoms with Crippen LogP contribution in [0.1, 0.15) is 78.1 Å². The maximum absolute atomic E-state index is 12.0. The largest absolute Gasteiger partial charge is 0.481 e. The number of aliphatic carboxylic acids is 1. The summed E-state index contributed by atoms with van der Waals surface area (Å²) in [5.74, 6) is -0.760. The summed E-state index contributed by atoms with van der Waals surface area (Å²) < 4.78 is 5.32. The Morgan fingerprint density at radius 2 is 1.68 bits per heavy atom. The van der Waals surface area contributed by atoms with Crippen LogP contribution in [0.25, 0.3) is 0 Å². The van der Waals surface area contributed by atoms with Gasteiger partial charge in [-0.25, -0.2) is 0 Å². The Bertz CT molecular complexity index is 338. The van der Waals surface area contributed by atoms with E-state index in [0.29, 0.717) is 19.4 Å². The van der Waals surface area contributed by atoms with Crippen molar-refractivity contribution in [3.05, 3.63) is 0 Å². The van der Waals surface area contributed by atoms with E-state index in [9.17, 15) is 9.59 Å². The Labute approximate surface area is 134 Å². The van der Waals surface area contributed by atoms with Gasteiger partial charge in [0.05, 0.1) is 18.4 Å². The van der Waals surface area contributed by atoms with E-state index in [-0.39, 0.29) is 17.8 Å². The van der Waals surface area contributed by atoms with Gasteiger partial charge in [-0.3, -0.25) is 9.59 Å². The zero-order valence-corrected chi connectivity index (χ0v) is 14.2. The van der Waals surface area contributed by atoms with Crippen LogP contribution in [-0.2, 0) is 14.3 Å². The first-order valence-corrected chi connectivity index (χ1v) is 8.90. The zero-order chi connectivity index (χ0) is 16.4. The summed E-state index contributed by atoms with van der Waals surface area (Å²) >= 11 is 0. The number of hydrogen-bond donors (Lipinski definition) is 1. The molecular formula is C18H32O4. The molecule has 2 atom stereocenters. The minimum absolute atomic E-state index is 0.189. The van der Waals surface area contributed by atoms with Crippen LogP contribution in [0.3, 0.4) is 0 Å². The lowest BCUT2D eigenvalue weighted by molar-refractivity contribution is -0.152. The first-order chi connectivity index (χ1) is 10.5. The molecule has 0 spiro atoms. The van der Waals surface area contributed by atoms with Crippen molar-refractivity contribution in [2.24, 2.45) is 17.8 Å². The number of carbonyl (C=O) groups excluding carboxylic acids is 1. The summed E-state index contributed by atoms with van der Waals surface area (Å²) in [4.78, 5) is 23.0. The molecule has 1 aliphatic carbocycles. The van der Waals surface area contributed by atoms with Crippen molar-refractivity contribution < 1.29 is 19.4 Å². The van der Waals surface area contributed by atoms with Crippen LogP contribution < -0.4 is 0 Å². The first kappa shape index (κ1) is 19.0. The topological polar surface area (TPSA) is 63.6 Å². The summed E-state index contributed by atoms with van der Waals surface area (Å²) in [5.41, 5.74) is 0. The second-order valence-electron chi connectivity index (χ2n) is 7.02. The molecule has 22 heavy (non-hydrogen) atoms. The van der Waals surface area contributed by atoms with Crippen LogP contribution in [0, 0.1) is 17.8 Å². The van der Waals surface area contributed by atoms with Crippen LogP contribution in [0.4, 0.5) is 0 Å². The first-order valence-electron chi connectivity index (χ1n) is 8.90. The Kier molecular flexibility index (Phi) is 9.17. The zero-order valence-electron chi connectivity index (χ0n) is 14.2. The third-order valence-electron chi connectivity index (χ3n) is 4.53. The maximum Gasteiger partial charge on any atom is 0.308 e. The van der Waals surface area contributed by atoms with Crippen molar-refractivity contribution in [3.63, 3.8) is 0 Å². The average Bonchev–Trinajstić information content (AvgIpc) is 2.49. The molecule has 0 aliphatic heterocycles. The van der Waals surface area contributed by atoms with Crippen molar-refractivity contribution in [2.75, 3.05) is 6.61 Å². The van der Waals surface area contributed by atoms with E-state index in [0.717, 1.165) is 31.6 Å². The van der Waals surface area contributed by atoms with E-state index in [2.05, 4.69) is 13.8 Å². The van der Waals surface area contributed by atoms with E-state index in [1.54, 1.807) is 0 Å². The van der Waals surface area contributed by atoms with Gasteiger partial charge in [-0.15, -0.1) is 0 Å². The van der Waals surface area contributed by atoms with Crippen LogP contribution in [-0.4, -0.2) is 23.7 Å². The van der Waals surface area contributed by atoms with E-state index >= 15 is 0 Å². The summed E-state index contributed by atoms with van der Waals surface area (Å²) in [5, 5.41) is 9.04. The average molecular weight is 312 g/mol. The SMILES string of the molecule is CC(C)CCCCCCCOC(=O)C1CCCC(C(=O)O)C1. The Morgan fingerprint density at radius 3 is 2.36 bits per heavy atom. The monoisotopic (exact) mass is 312 g/mol. The third-order valence-corrected chi connectivity index (χ3v) is 4.53. The molecule has 0 radical (unpaired) electrons. The third kappa shape index (κ3) is 7.81. The summed E-state index contributed by atoms with van der Waals surface area (Å²) in [6.07, 6.45) is 9.79. The fraction of sp³-hybridized carbons (Fsp3) is 0.889. The second kappa shape index (κ2) is 10.6. The van der Waals surface area contributed by atoms with E-state index in [1.807, 2.05) is 0 Å². The molecule has 1 N–H and O–H groups in total. The minimum atomic E-state index is -0.779. The molecule has 0 heterocycles. The Hall–Kier alpha value is -1.06. The van der Waals surface area contributed by atoms with Crippen molar-refractivity contribution in [1.82, 2.24) is 0 Å². The molecule has 0 saturated heterocycles. The van der Waals surface area contributed by atoms with Crippen molar-refractivity contribution in [2.45, 2.75) is 78.1 Å². The maximum atomic E-state index is 12.0. The molecule has 0 aromatic heterocycles. The minimum Gasteiger partial charge on any atom is -0.481 e. The number of carboxylic acid groups (broad SMARTS) is 1. The molecule has 4 nitrogen and oxygen atoms in total. The molecular weight excluding hydrogens is 280 g/mol. The van der Waals surface area contributed by atoms with Gasteiger partial charge in [0.25, 0.3) is 0 Å². The molecule has 128 valence electrons. The quantitative estimate of drug-likeness (QED) is 0.479. The molecule has 2 unspecified atom stereocenters. The van der Waals surface area contributed by atoms with Gasteiger partial charge in [0, 0.05) is 0 Å². The van der Waals surface area contributed by atoms with Gasteiger partial charge in [0.15, 0.2) is 0 Å². The molecule has 1 aliphatic rings. The summed E-state index contributed by atoms with van der Waals surface area (Å²) in [7, 11) is 0. The van der Waals surface area contributed by atoms with E-state index in [1.165, 1.54) is 25.7 Å². The van der Waals surface area contributed by atoms with Gasteiger partial charge < -0.3 is 9.84 Å². The van der Waals surface area contributed by atoms with Crippen LogP contribution in [0.15, 0.2) is 0 Å². The fourth-order valence-corrected chi connectivity index (χ4v) is 3.10. The van der Waals surface area contributed by atoms with Crippen molar-refractivity contribution in [1.29, 1.82) is 0 Å². The van der Waals surface area contributed by atoms with Crippen LogP contribution in [0.2, 0.25) is 0 Å². The number of carbonyl (C=O) groups is 2. The predicted octanol–water partition coefficient (Wildman–Crippen LogP) is 4.42. The number of unbranched alkanes of at least 4 members (excludes halogenated alkanes) is 4. The number of esters is 1. The molecule has 0 aromatic carbocycles. The molecule has 1 fully saturated rings. The highest BCUT2D eigenvalue weighted by atomic mass is 16.5. The Balaban J connectivity index is 2.04. The number of ether oxygens (including phenoxy) is 1. The number of hydrogen-bond acceptors (Lipinski definition) is 3. The molecule has 0 aromatic rings. The molecule has 0 amide bonds. The van der Waals surface area contributed by atoms with Crippen molar-refractivity contribution in [3.8, 4) is 0 Å². The van der Waals surface area contributed by atoms with Gasteiger partial charge >= 0.3 is 11.9 Å². The Morgan fingerprint density at radius 1 is 1.05 bits per heavy atom. The van der Waals surface area contributed by atoms with Gasteiger partial charge in [-0.2, -0.15) is 0 Å². The smallest absolute Gasteiger partial charge is 0.308 e. The molecule has 4 heteroatoms. The molecule has 0 bridgehead atoms. The highest BCUT2D eigenvalue weighted by molar-refractivity contribution is 5.75. The highest BCUT2D eigenvalue weighted by Gasteiger charge is 2.31. The van der Waals surface area contributed by atoms with Gasteiger partial charge in [0.2, 0.25) is 0 Å². The lowest BCUT2D eigenvalue weighted by Gasteiger charge is -2.25. The lowest BCUT2D eigenvalue weighted by atomic mass is 9.81. The fourth-order valence-electron chi connectivity index (χ4n) is 3.10. The highest BCUT2D eigenvalue weighted by Crippen LogP contribution is 2.30. The van der Waals surface area contributed by atoms with Crippen molar-refractivity contribution >= 4 is 11.9 Å². The normalized spacial score (nSPS) is 21.8. The number of rotatable bonds is 10. The second-order valence-corrected chi connectivity index (χ2v) is 7.02. The van der Waals surface area contributed by atoms with Gasteiger partial charge in [-0.1, -0.05) is 52.4 Å². The number of carboxylic acids is 1. The van der Waals surface area contributed by atoms with E-state index in [4.69, 9.17) is 9.84 Å². The standard InChI is InChI=1S/C18H32O4/c1-14(2)9-6-4-3-5-7-12-22-18(21)16-11-8-10-15(13-16)17(19)20/h14-16H,3-13H2,1-2H3,(H,19,20).